The summed E-state index contributed by atoms with van der Waals surface area (Å²) in [7, 11) is 0. The molecule has 0 aliphatic heterocycles. The SMILES string of the molecule is CCOC(=O)c1ccccc1-c1ccncc1C#N. The number of carbonyl (C=O) groups is 1. The minimum Gasteiger partial charge on any atom is -0.462 e. The summed E-state index contributed by atoms with van der Waals surface area (Å²) in [6, 6.07) is 10.9. The van der Waals surface area contributed by atoms with Gasteiger partial charge in [-0.05, 0) is 24.6 Å². The largest absolute Gasteiger partial charge is 0.462 e. The van der Waals surface area contributed by atoms with Gasteiger partial charge in [-0.1, -0.05) is 18.2 Å². The van der Waals surface area contributed by atoms with Crippen molar-refractivity contribution in [2.75, 3.05) is 6.61 Å². The van der Waals surface area contributed by atoms with Crippen LogP contribution in [-0.2, 0) is 4.74 Å². The number of benzene rings is 1. The van der Waals surface area contributed by atoms with E-state index in [0.29, 0.717) is 28.9 Å². The lowest BCUT2D eigenvalue weighted by molar-refractivity contribution is 0.0527. The van der Waals surface area contributed by atoms with Crippen molar-refractivity contribution in [2.45, 2.75) is 6.92 Å². The van der Waals surface area contributed by atoms with Gasteiger partial charge in [0.1, 0.15) is 6.07 Å². The number of nitrogens with zero attached hydrogens (tertiary/aromatic N) is 2. The van der Waals surface area contributed by atoms with Crippen molar-refractivity contribution in [1.82, 2.24) is 4.98 Å². The fraction of sp³-hybridized carbons (Fsp3) is 0.133. The fourth-order valence-electron chi connectivity index (χ4n) is 1.82. The molecule has 0 unspecified atom stereocenters. The molecule has 0 saturated carbocycles. The van der Waals surface area contributed by atoms with Gasteiger partial charge in [-0.15, -0.1) is 0 Å². The molecule has 94 valence electrons. The number of pyridine rings is 1. The van der Waals surface area contributed by atoms with Crippen molar-refractivity contribution < 1.29 is 9.53 Å². The first-order chi connectivity index (χ1) is 9.27. The molecule has 4 heteroatoms. The summed E-state index contributed by atoms with van der Waals surface area (Å²) < 4.78 is 5.03. The molecule has 1 heterocycles. The molecule has 2 aromatic rings. The van der Waals surface area contributed by atoms with Crippen LogP contribution in [-0.4, -0.2) is 17.6 Å². The van der Waals surface area contributed by atoms with E-state index in [1.165, 1.54) is 6.20 Å². The maximum absolute atomic E-state index is 11.9. The summed E-state index contributed by atoms with van der Waals surface area (Å²) in [5.41, 5.74) is 2.24. The number of rotatable bonds is 3. The highest BCUT2D eigenvalue weighted by Crippen LogP contribution is 2.26. The van der Waals surface area contributed by atoms with Gasteiger partial charge in [0.15, 0.2) is 0 Å². The third-order valence-electron chi connectivity index (χ3n) is 2.65. The molecule has 0 fully saturated rings. The minimum absolute atomic E-state index is 0.314. The van der Waals surface area contributed by atoms with Crippen LogP contribution in [0.2, 0.25) is 0 Å². The third-order valence-corrected chi connectivity index (χ3v) is 2.65. The van der Waals surface area contributed by atoms with Crippen LogP contribution in [0.25, 0.3) is 11.1 Å². The number of hydrogen-bond donors (Lipinski definition) is 0. The molecule has 0 aliphatic carbocycles. The molecule has 0 bridgehead atoms. The fourth-order valence-corrected chi connectivity index (χ4v) is 1.82. The van der Waals surface area contributed by atoms with Crippen LogP contribution in [0, 0.1) is 11.3 Å². The highest BCUT2D eigenvalue weighted by atomic mass is 16.5. The zero-order valence-corrected chi connectivity index (χ0v) is 10.5. The normalized spacial score (nSPS) is 9.68. The Morgan fingerprint density at radius 3 is 2.84 bits per heavy atom. The lowest BCUT2D eigenvalue weighted by Gasteiger charge is -2.09. The smallest absolute Gasteiger partial charge is 0.338 e. The van der Waals surface area contributed by atoms with Crippen molar-refractivity contribution in [3.63, 3.8) is 0 Å². The van der Waals surface area contributed by atoms with E-state index in [9.17, 15) is 4.79 Å². The van der Waals surface area contributed by atoms with Crippen LogP contribution in [0.4, 0.5) is 0 Å². The van der Waals surface area contributed by atoms with Crippen LogP contribution >= 0.6 is 0 Å². The second kappa shape index (κ2) is 5.78. The van der Waals surface area contributed by atoms with Crippen LogP contribution < -0.4 is 0 Å². The van der Waals surface area contributed by atoms with E-state index in [2.05, 4.69) is 11.1 Å². The summed E-state index contributed by atoms with van der Waals surface area (Å²) >= 11 is 0. The Labute approximate surface area is 111 Å². The number of aromatic nitrogens is 1. The maximum atomic E-state index is 11.9. The number of ether oxygens (including phenoxy) is 1. The van der Waals surface area contributed by atoms with Gasteiger partial charge in [-0.25, -0.2) is 4.79 Å². The zero-order chi connectivity index (χ0) is 13.7. The van der Waals surface area contributed by atoms with E-state index in [0.717, 1.165) is 0 Å². The van der Waals surface area contributed by atoms with Crippen molar-refractivity contribution in [2.24, 2.45) is 0 Å². The van der Waals surface area contributed by atoms with Gasteiger partial charge in [0.05, 0.1) is 17.7 Å². The van der Waals surface area contributed by atoms with Gasteiger partial charge < -0.3 is 4.74 Å². The molecule has 0 saturated heterocycles. The van der Waals surface area contributed by atoms with Crippen molar-refractivity contribution >= 4 is 5.97 Å². The van der Waals surface area contributed by atoms with Gasteiger partial charge in [-0.3, -0.25) is 4.98 Å². The molecule has 0 amide bonds. The first kappa shape index (κ1) is 12.8. The summed E-state index contributed by atoms with van der Waals surface area (Å²) in [5, 5.41) is 9.11. The Morgan fingerprint density at radius 1 is 1.32 bits per heavy atom. The Morgan fingerprint density at radius 2 is 2.11 bits per heavy atom. The van der Waals surface area contributed by atoms with Crippen molar-refractivity contribution in [1.29, 1.82) is 5.26 Å². The lowest BCUT2D eigenvalue weighted by Crippen LogP contribution is -2.06. The van der Waals surface area contributed by atoms with Gasteiger partial charge in [-0.2, -0.15) is 5.26 Å². The Balaban J connectivity index is 2.57. The molecular formula is C15H12N2O2. The highest BCUT2D eigenvalue weighted by molar-refractivity contribution is 5.97. The maximum Gasteiger partial charge on any atom is 0.338 e. The van der Waals surface area contributed by atoms with E-state index >= 15 is 0 Å². The van der Waals surface area contributed by atoms with E-state index in [1.54, 1.807) is 37.4 Å². The summed E-state index contributed by atoms with van der Waals surface area (Å²) in [4.78, 5) is 15.8. The van der Waals surface area contributed by atoms with Crippen LogP contribution in [0.15, 0.2) is 42.7 Å². The summed E-state index contributed by atoms with van der Waals surface area (Å²) in [6.45, 7) is 2.07. The minimum atomic E-state index is -0.390. The Kier molecular flexibility index (Phi) is 3.89. The van der Waals surface area contributed by atoms with Crippen LogP contribution in [0.1, 0.15) is 22.8 Å². The third kappa shape index (κ3) is 2.61. The quantitative estimate of drug-likeness (QED) is 0.788. The standard InChI is InChI=1S/C15H12N2O2/c1-2-19-15(18)14-6-4-3-5-13(14)12-7-8-17-10-11(12)9-16/h3-8,10H,2H2,1H3. The number of nitriles is 1. The van der Waals surface area contributed by atoms with Crippen LogP contribution in [0.3, 0.4) is 0 Å². The first-order valence-corrected chi connectivity index (χ1v) is 5.88. The summed E-state index contributed by atoms with van der Waals surface area (Å²) in [6.07, 6.45) is 3.08. The van der Waals surface area contributed by atoms with Crippen LogP contribution in [0.5, 0.6) is 0 Å². The van der Waals surface area contributed by atoms with Gasteiger partial charge in [0.2, 0.25) is 0 Å². The predicted molar refractivity (Wildman–Crippen MR) is 70.3 cm³/mol. The van der Waals surface area contributed by atoms with E-state index in [-0.39, 0.29) is 5.97 Å². The average Bonchev–Trinajstić information content (AvgIpc) is 2.47. The molecule has 4 nitrogen and oxygen atoms in total. The van der Waals surface area contributed by atoms with Gasteiger partial charge in [0, 0.05) is 18.0 Å². The molecule has 1 aromatic carbocycles. The Bertz CT molecular complexity index is 645. The molecular weight excluding hydrogens is 240 g/mol. The molecule has 19 heavy (non-hydrogen) atoms. The molecule has 0 radical (unpaired) electrons. The first-order valence-electron chi connectivity index (χ1n) is 5.88. The number of esters is 1. The van der Waals surface area contributed by atoms with E-state index in [1.807, 2.05) is 6.07 Å². The van der Waals surface area contributed by atoms with E-state index < -0.39 is 0 Å². The predicted octanol–water partition coefficient (Wildman–Crippen LogP) is 2.80. The second-order valence-electron chi connectivity index (χ2n) is 3.80. The Hall–Kier alpha value is -2.67. The molecule has 0 N–H and O–H groups in total. The summed E-state index contributed by atoms with van der Waals surface area (Å²) in [5.74, 6) is -0.390. The zero-order valence-electron chi connectivity index (χ0n) is 10.5. The van der Waals surface area contributed by atoms with Crippen molar-refractivity contribution in [3.05, 3.63) is 53.9 Å². The lowest BCUT2D eigenvalue weighted by atomic mass is 9.97. The average molecular weight is 252 g/mol. The van der Waals surface area contributed by atoms with Crippen molar-refractivity contribution in [3.8, 4) is 17.2 Å². The molecule has 1 aromatic heterocycles. The number of hydrogen-bond acceptors (Lipinski definition) is 4. The highest BCUT2D eigenvalue weighted by Gasteiger charge is 2.15. The molecule has 0 atom stereocenters. The topological polar surface area (TPSA) is 63.0 Å². The molecule has 0 spiro atoms. The molecule has 0 aliphatic rings. The van der Waals surface area contributed by atoms with Gasteiger partial charge >= 0.3 is 5.97 Å². The van der Waals surface area contributed by atoms with Gasteiger partial charge in [0.25, 0.3) is 0 Å². The number of carbonyl (C=O) groups excluding carboxylic acids is 1. The molecule has 2 rings (SSSR count). The monoisotopic (exact) mass is 252 g/mol. The van der Waals surface area contributed by atoms with E-state index in [4.69, 9.17) is 10.00 Å². The second-order valence-corrected chi connectivity index (χ2v) is 3.80.